The number of Topliss-reactive ketones (excluding diaryl/α,β-unsaturated/α-hetero) is 1. The number of likely N-dealkylation sites (tertiary alicyclic amines) is 1. The Balaban J connectivity index is 1.29. The van der Waals surface area contributed by atoms with Gasteiger partial charge in [0.05, 0.1) is 6.54 Å². The van der Waals surface area contributed by atoms with Gasteiger partial charge in [-0.05, 0) is 50.6 Å². The van der Waals surface area contributed by atoms with E-state index in [0.29, 0.717) is 32.8 Å². The molecule has 0 aliphatic carbocycles. The van der Waals surface area contributed by atoms with Gasteiger partial charge in [-0.25, -0.2) is 0 Å². The van der Waals surface area contributed by atoms with Crippen molar-refractivity contribution in [2.24, 2.45) is 5.92 Å². The lowest BCUT2D eigenvalue weighted by atomic mass is 9.89. The minimum absolute atomic E-state index is 0.0498. The van der Waals surface area contributed by atoms with Gasteiger partial charge in [-0.2, -0.15) is 0 Å². The summed E-state index contributed by atoms with van der Waals surface area (Å²) >= 11 is 0. The van der Waals surface area contributed by atoms with E-state index in [1.165, 1.54) is 0 Å². The third-order valence-electron chi connectivity index (χ3n) is 6.09. The van der Waals surface area contributed by atoms with Crippen molar-refractivity contribution in [1.82, 2.24) is 9.80 Å². The smallest absolute Gasteiger partial charge is 0.237 e. The molecule has 2 aliphatic heterocycles. The van der Waals surface area contributed by atoms with Gasteiger partial charge in [0.2, 0.25) is 5.91 Å². The van der Waals surface area contributed by atoms with E-state index in [9.17, 15) is 9.59 Å². The Morgan fingerprint density at radius 3 is 2.42 bits per heavy atom. The highest BCUT2D eigenvalue weighted by atomic mass is 16.6. The van der Waals surface area contributed by atoms with E-state index in [1.807, 2.05) is 60.4 Å². The molecular formula is C25H30N2O4. The lowest BCUT2D eigenvalue weighted by Crippen LogP contribution is -2.44. The van der Waals surface area contributed by atoms with Crippen LogP contribution in [0.2, 0.25) is 0 Å². The number of rotatable bonds is 7. The van der Waals surface area contributed by atoms with Gasteiger partial charge in [0.15, 0.2) is 17.3 Å². The molecule has 2 aromatic rings. The number of ketones is 1. The van der Waals surface area contributed by atoms with Gasteiger partial charge in [0.25, 0.3) is 0 Å². The van der Waals surface area contributed by atoms with E-state index in [-0.39, 0.29) is 17.6 Å². The molecule has 2 aromatic carbocycles. The minimum Gasteiger partial charge on any atom is -0.486 e. The molecular weight excluding hydrogens is 392 g/mol. The lowest BCUT2D eigenvalue weighted by Gasteiger charge is -2.32. The van der Waals surface area contributed by atoms with Crippen LogP contribution in [0.3, 0.4) is 0 Å². The zero-order chi connectivity index (χ0) is 21.6. The van der Waals surface area contributed by atoms with E-state index >= 15 is 0 Å². The number of nitrogens with zero attached hydrogens (tertiary/aromatic N) is 2. The van der Waals surface area contributed by atoms with Crippen LogP contribution in [0, 0.1) is 5.92 Å². The topological polar surface area (TPSA) is 59.1 Å². The van der Waals surface area contributed by atoms with E-state index in [1.54, 1.807) is 0 Å². The summed E-state index contributed by atoms with van der Waals surface area (Å²) in [6.45, 7) is 6.26. The molecule has 31 heavy (non-hydrogen) atoms. The molecule has 1 fully saturated rings. The number of amides is 1. The van der Waals surface area contributed by atoms with Crippen LogP contribution < -0.4 is 9.47 Å². The number of fused-ring (bicyclic) bond motifs is 1. The largest absolute Gasteiger partial charge is 0.486 e. The van der Waals surface area contributed by atoms with Crippen LogP contribution in [-0.4, -0.2) is 60.9 Å². The molecule has 1 amide bonds. The molecule has 0 N–H and O–H groups in total. The van der Waals surface area contributed by atoms with Crippen molar-refractivity contribution < 1.29 is 19.1 Å². The fourth-order valence-electron chi connectivity index (χ4n) is 4.27. The van der Waals surface area contributed by atoms with Crippen LogP contribution in [0.1, 0.15) is 35.7 Å². The van der Waals surface area contributed by atoms with Gasteiger partial charge >= 0.3 is 0 Å². The van der Waals surface area contributed by atoms with Crippen molar-refractivity contribution >= 4 is 11.7 Å². The summed E-state index contributed by atoms with van der Waals surface area (Å²) in [5.41, 5.74) is 1.82. The van der Waals surface area contributed by atoms with Gasteiger partial charge in [-0.1, -0.05) is 36.4 Å². The summed E-state index contributed by atoms with van der Waals surface area (Å²) in [4.78, 5) is 29.6. The Morgan fingerprint density at radius 1 is 1.00 bits per heavy atom. The number of hydrogen-bond donors (Lipinski definition) is 0. The number of benzene rings is 2. The quantitative estimate of drug-likeness (QED) is 0.640. The predicted molar refractivity (Wildman–Crippen MR) is 118 cm³/mol. The molecule has 6 nitrogen and oxygen atoms in total. The fraction of sp³-hybridized carbons (Fsp3) is 0.440. The summed E-state index contributed by atoms with van der Waals surface area (Å²) in [7, 11) is 0. The van der Waals surface area contributed by atoms with Gasteiger partial charge in [-0.15, -0.1) is 0 Å². The summed E-state index contributed by atoms with van der Waals surface area (Å²) in [6, 6.07) is 15.4. The second kappa shape index (κ2) is 9.96. The Kier molecular flexibility index (Phi) is 6.87. The number of ether oxygens (including phenoxy) is 2. The monoisotopic (exact) mass is 422 g/mol. The lowest BCUT2D eigenvalue weighted by molar-refractivity contribution is -0.133. The maximum atomic E-state index is 12.9. The molecule has 0 saturated carbocycles. The van der Waals surface area contributed by atoms with Crippen molar-refractivity contribution in [3.05, 3.63) is 59.7 Å². The first kappa shape index (κ1) is 21.4. The predicted octanol–water partition coefficient (Wildman–Crippen LogP) is 3.40. The standard InChI is InChI=1S/C25H30N2O4/c1-2-27(17-19-8-9-22-23(16-19)31-15-14-30-22)24(28)18-26-12-10-21(11-13-26)25(29)20-6-4-3-5-7-20/h3-9,16,21H,2,10-15,17-18H2,1H3. The number of hydrogen-bond acceptors (Lipinski definition) is 5. The molecule has 0 atom stereocenters. The Labute approximate surface area is 183 Å². The van der Waals surface area contributed by atoms with Crippen LogP contribution >= 0.6 is 0 Å². The Morgan fingerprint density at radius 2 is 1.71 bits per heavy atom. The second-order valence-electron chi connectivity index (χ2n) is 8.17. The molecule has 0 bridgehead atoms. The second-order valence-corrected chi connectivity index (χ2v) is 8.17. The van der Waals surface area contributed by atoms with Crippen molar-refractivity contribution in [3.8, 4) is 11.5 Å². The number of piperidine rings is 1. The first-order valence-corrected chi connectivity index (χ1v) is 11.1. The SMILES string of the molecule is CCN(Cc1ccc2c(c1)OCCO2)C(=O)CN1CCC(C(=O)c2ccccc2)CC1. The minimum atomic E-state index is 0.0498. The fourth-order valence-corrected chi connectivity index (χ4v) is 4.27. The van der Waals surface area contributed by atoms with Gasteiger partial charge in [0.1, 0.15) is 13.2 Å². The van der Waals surface area contributed by atoms with Crippen LogP contribution in [0.15, 0.2) is 48.5 Å². The molecule has 0 aromatic heterocycles. The first-order valence-electron chi connectivity index (χ1n) is 11.1. The zero-order valence-electron chi connectivity index (χ0n) is 18.1. The molecule has 2 aliphatic rings. The summed E-state index contributed by atoms with van der Waals surface area (Å²) in [5.74, 6) is 1.90. The number of carbonyl (C=O) groups excluding carboxylic acids is 2. The van der Waals surface area contributed by atoms with Crippen LogP contribution in [0.25, 0.3) is 0 Å². The van der Waals surface area contributed by atoms with Crippen molar-refractivity contribution in [1.29, 1.82) is 0 Å². The molecule has 4 rings (SSSR count). The van der Waals surface area contributed by atoms with E-state index in [4.69, 9.17) is 9.47 Å². The van der Waals surface area contributed by atoms with E-state index in [0.717, 1.165) is 48.6 Å². The molecule has 6 heteroatoms. The van der Waals surface area contributed by atoms with E-state index < -0.39 is 0 Å². The zero-order valence-corrected chi connectivity index (χ0v) is 18.1. The van der Waals surface area contributed by atoms with Gasteiger partial charge < -0.3 is 14.4 Å². The molecule has 0 unspecified atom stereocenters. The average Bonchev–Trinajstić information content (AvgIpc) is 2.83. The third kappa shape index (κ3) is 5.25. The number of likely N-dealkylation sites (N-methyl/N-ethyl adjacent to an activating group) is 1. The summed E-state index contributed by atoms with van der Waals surface area (Å²) in [5, 5.41) is 0. The summed E-state index contributed by atoms with van der Waals surface area (Å²) < 4.78 is 11.2. The first-order chi connectivity index (χ1) is 15.1. The molecule has 0 radical (unpaired) electrons. The van der Waals surface area contributed by atoms with E-state index in [2.05, 4.69) is 4.90 Å². The van der Waals surface area contributed by atoms with Crippen molar-refractivity contribution in [2.75, 3.05) is 39.4 Å². The van der Waals surface area contributed by atoms with Crippen LogP contribution in [0.4, 0.5) is 0 Å². The Hall–Kier alpha value is -2.86. The Bertz CT molecular complexity index is 907. The molecule has 2 heterocycles. The van der Waals surface area contributed by atoms with Crippen LogP contribution in [0.5, 0.6) is 11.5 Å². The van der Waals surface area contributed by atoms with Gasteiger partial charge in [-0.3, -0.25) is 14.5 Å². The normalized spacial score (nSPS) is 16.7. The van der Waals surface area contributed by atoms with Crippen LogP contribution in [-0.2, 0) is 11.3 Å². The molecule has 164 valence electrons. The maximum Gasteiger partial charge on any atom is 0.237 e. The maximum absolute atomic E-state index is 12.9. The third-order valence-corrected chi connectivity index (χ3v) is 6.09. The van der Waals surface area contributed by atoms with Crippen molar-refractivity contribution in [2.45, 2.75) is 26.3 Å². The van der Waals surface area contributed by atoms with Crippen molar-refractivity contribution in [3.63, 3.8) is 0 Å². The highest BCUT2D eigenvalue weighted by Crippen LogP contribution is 2.31. The highest BCUT2D eigenvalue weighted by molar-refractivity contribution is 5.97. The average molecular weight is 423 g/mol. The van der Waals surface area contributed by atoms with Gasteiger partial charge in [0, 0.05) is 24.6 Å². The molecule has 0 spiro atoms. The summed E-state index contributed by atoms with van der Waals surface area (Å²) in [6.07, 6.45) is 1.60. The highest BCUT2D eigenvalue weighted by Gasteiger charge is 2.27. The number of carbonyl (C=O) groups is 2. The molecule has 1 saturated heterocycles.